The summed E-state index contributed by atoms with van der Waals surface area (Å²) in [5.74, 6) is 0.659. The summed E-state index contributed by atoms with van der Waals surface area (Å²) < 4.78 is 5.58. The van der Waals surface area contributed by atoms with Crippen molar-refractivity contribution in [3.8, 4) is 0 Å². The van der Waals surface area contributed by atoms with E-state index in [-0.39, 0.29) is 0 Å². The molecule has 0 radical (unpaired) electrons. The van der Waals surface area contributed by atoms with E-state index in [1.165, 1.54) is 6.20 Å². The number of fused-ring (bicyclic) bond motifs is 1. The van der Waals surface area contributed by atoms with Crippen molar-refractivity contribution in [2.75, 3.05) is 6.61 Å². The van der Waals surface area contributed by atoms with Gasteiger partial charge in [0.1, 0.15) is 17.3 Å². The number of ether oxygens (including phenoxy) is 1. The molecular weight excluding hydrogens is 337 g/mol. The van der Waals surface area contributed by atoms with E-state index in [2.05, 4.69) is 24.9 Å². The van der Waals surface area contributed by atoms with Gasteiger partial charge >= 0.3 is 0 Å². The summed E-state index contributed by atoms with van der Waals surface area (Å²) in [5.41, 5.74) is 2.84. The van der Waals surface area contributed by atoms with Crippen molar-refractivity contribution in [2.45, 2.75) is 20.0 Å². The van der Waals surface area contributed by atoms with E-state index in [0.717, 1.165) is 11.4 Å². The van der Waals surface area contributed by atoms with E-state index in [1.54, 1.807) is 6.20 Å². The van der Waals surface area contributed by atoms with Gasteiger partial charge in [0.2, 0.25) is 0 Å². The highest BCUT2D eigenvalue weighted by Gasteiger charge is 2.08. The Morgan fingerprint density at radius 1 is 1.13 bits per heavy atom. The van der Waals surface area contributed by atoms with E-state index in [9.17, 15) is 0 Å². The predicted octanol–water partition coefficient (Wildman–Crippen LogP) is 3.19. The maximum Gasteiger partial charge on any atom is 0.157 e. The van der Waals surface area contributed by atoms with Crippen LogP contribution in [0.1, 0.15) is 17.2 Å². The molecule has 3 aromatic heterocycles. The molecular formula is C15H13Cl2N5O. The van der Waals surface area contributed by atoms with E-state index in [4.69, 9.17) is 27.9 Å². The molecule has 23 heavy (non-hydrogen) atoms. The number of nitrogens with zero attached hydrogens (tertiary/aromatic N) is 5. The number of rotatable bonds is 5. The molecule has 0 aliphatic rings. The van der Waals surface area contributed by atoms with Crippen molar-refractivity contribution in [3.05, 3.63) is 52.0 Å². The Labute approximate surface area is 142 Å². The summed E-state index contributed by atoms with van der Waals surface area (Å²) in [6.45, 7) is 2.74. The van der Waals surface area contributed by atoms with E-state index in [1.807, 2.05) is 19.1 Å². The molecule has 0 saturated carbocycles. The minimum atomic E-state index is 0.309. The highest BCUT2D eigenvalue weighted by Crippen LogP contribution is 2.20. The topological polar surface area (TPSA) is 73.7 Å². The molecule has 8 heteroatoms. The summed E-state index contributed by atoms with van der Waals surface area (Å²) >= 11 is 12.0. The van der Waals surface area contributed by atoms with Crippen LogP contribution in [-0.4, -0.2) is 31.5 Å². The third-order valence-electron chi connectivity index (χ3n) is 3.09. The SMILES string of the molecule is Cc1ccnc(COCCc2cc3nc(Cl)cnc3c(Cl)n2)n1. The molecule has 0 unspecified atom stereocenters. The number of hydrogen-bond acceptors (Lipinski definition) is 6. The van der Waals surface area contributed by atoms with Crippen LogP contribution in [0.3, 0.4) is 0 Å². The van der Waals surface area contributed by atoms with Crippen LogP contribution in [0.2, 0.25) is 10.3 Å². The maximum atomic E-state index is 6.12. The zero-order chi connectivity index (χ0) is 16.2. The average Bonchev–Trinajstić information content (AvgIpc) is 2.51. The molecule has 3 rings (SSSR count). The van der Waals surface area contributed by atoms with Crippen LogP contribution >= 0.6 is 23.2 Å². The largest absolute Gasteiger partial charge is 0.373 e. The minimum Gasteiger partial charge on any atom is -0.373 e. The zero-order valence-electron chi connectivity index (χ0n) is 12.3. The first-order valence-electron chi connectivity index (χ1n) is 6.96. The second-order valence-electron chi connectivity index (χ2n) is 4.88. The van der Waals surface area contributed by atoms with Crippen LogP contribution in [0.4, 0.5) is 0 Å². The quantitative estimate of drug-likeness (QED) is 0.520. The smallest absolute Gasteiger partial charge is 0.157 e. The molecule has 0 atom stereocenters. The van der Waals surface area contributed by atoms with Crippen LogP contribution in [0.15, 0.2) is 24.5 Å². The molecule has 0 aliphatic carbocycles. The van der Waals surface area contributed by atoms with Gasteiger partial charge in [-0.15, -0.1) is 0 Å². The molecule has 3 heterocycles. The lowest BCUT2D eigenvalue weighted by Gasteiger charge is -2.06. The Morgan fingerprint density at radius 3 is 2.83 bits per heavy atom. The highest BCUT2D eigenvalue weighted by atomic mass is 35.5. The predicted molar refractivity (Wildman–Crippen MR) is 87.5 cm³/mol. The molecule has 118 valence electrons. The summed E-state index contributed by atoms with van der Waals surface area (Å²) in [4.78, 5) is 21.0. The van der Waals surface area contributed by atoms with Crippen molar-refractivity contribution in [3.63, 3.8) is 0 Å². The summed E-state index contributed by atoms with van der Waals surface area (Å²) in [5, 5.41) is 0.627. The van der Waals surface area contributed by atoms with Crippen molar-refractivity contribution in [2.24, 2.45) is 0 Å². The van der Waals surface area contributed by atoms with Gasteiger partial charge in [0, 0.05) is 24.0 Å². The molecule has 0 N–H and O–H groups in total. The van der Waals surface area contributed by atoms with E-state index >= 15 is 0 Å². The monoisotopic (exact) mass is 349 g/mol. The van der Waals surface area contributed by atoms with Crippen molar-refractivity contribution < 1.29 is 4.74 Å². The van der Waals surface area contributed by atoms with Gasteiger partial charge in [-0.3, -0.25) is 0 Å². The minimum absolute atomic E-state index is 0.309. The van der Waals surface area contributed by atoms with E-state index < -0.39 is 0 Å². The first kappa shape index (κ1) is 16.0. The fourth-order valence-electron chi connectivity index (χ4n) is 2.05. The van der Waals surface area contributed by atoms with Crippen molar-refractivity contribution in [1.29, 1.82) is 0 Å². The van der Waals surface area contributed by atoms with Gasteiger partial charge in [-0.1, -0.05) is 23.2 Å². The Kier molecular flexibility index (Phi) is 4.95. The van der Waals surface area contributed by atoms with Crippen molar-refractivity contribution >= 4 is 34.2 Å². The summed E-state index contributed by atoms with van der Waals surface area (Å²) in [6.07, 6.45) is 3.76. The average molecular weight is 350 g/mol. The van der Waals surface area contributed by atoms with Gasteiger partial charge in [-0.2, -0.15) is 0 Å². The van der Waals surface area contributed by atoms with Crippen molar-refractivity contribution in [1.82, 2.24) is 24.9 Å². The maximum absolute atomic E-state index is 6.12. The van der Waals surface area contributed by atoms with Crippen LogP contribution in [0, 0.1) is 6.92 Å². The molecule has 0 saturated heterocycles. The lowest BCUT2D eigenvalue weighted by Crippen LogP contribution is -2.04. The second kappa shape index (κ2) is 7.12. The second-order valence-corrected chi connectivity index (χ2v) is 5.63. The van der Waals surface area contributed by atoms with Gasteiger partial charge in [-0.25, -0.2) is 24.9 Å². The Hall–Kier alpha value is -1.89. The Balaban J connectivity index is 1.63. The third-order valence-corrected chi connectivity index (χ3v) is 3.53. The lowest BCUT2D eigenvalue weighted by molar-refractivity contribution is 0.117. The molecule has 0 amide bonds. The Bertz CT molecular complexity index is 843. The standard InChI is InChI=1S/C15H13Cl2N5O/c1-9-2-4-18-13(20-9)8-23-5-3-10-6-11-14(15(17)21-10)19-7-12(16)22-11/h2,4,6-7H,3,5,8H2,1H3. The molecule has 0 fully saturated rings. The molecule has 3 aromatic rings. The van der Waals surface area contributed by atoms with Crippen LogP contribution in [-0.2, 0) is 17.8 Å². The molecule has 0 spiro atoms. The molecule has 0 aromatic carbocycles. The fraction of sp³-hybridized carbons (Fsp3) is 0.267. The molecule has 0 bridgehead atoms. The first-order valence-corrected chi connectivity index (χ1v) is 7.71. The molecule has 0 aliphatic heterocycles. The summed E-state index contributed by atoms with van der Waals surface area (Å²) in [6, 6.07) is 3.66. The third kappa shape index (κ3) is 4.10. The number of halogens is 2. The number of aryl methyl sites for hydroxylation is 1. The van der Waals surface area contributed by atoms with Gasteiger partial charge < -0.3 is 4.74 Å². The van der Waals surface area contributed by atoms with Gasteiger partial charge in [-0.05, 0) is 19.1 Å². The van der Waals surface area contributed by atoms with Crippen LogP contribution in [0.25, 0.3) is 11.0 Å². The Morgan fingerprint density at radius 2 is 2.00 bits per heavy atom. The summed E-state index contributed by atoms with van der Waals surface area (Å²) in [7, 11) is 0. The first-order chi connectivity index (χ1) is 11.1. The van der Waals surface area contributed by atoms with Crippen LogP contribution in [0.5, 0.6) is 0 Å². The molecule has 6 nitrogen and oxygen atoms in total. The number of hydrogen-bond donors (Lipinski definition) is 0. The number of pyridine rings is 1. The zero-order valence-corrected chi connectivity index (χ0v) is 13.8. The van der Waals surface area contributed by atoms with Gasteiger partial charge in [0.25, 0.3) is 0 Å². The highest BCUT2D eigenvalue weighted by molar-refractivity contribution is 6.34. The fourth-order valence-corrected chi connectivity index (χ4v) is 2.44. The normalized spacial score (nSPS) is 11.1. The van der Waals surface area contributed by atoms with Crippen LogP contribution < -0.4 is 0 Å². The van der Waals surface area contributed by atoms with Gasteiger partial charge in [0.05, 0.1) is 18.3 Å². The van der Waals surface area contributed by atoms with E-state index in [0.29, 0.717) is 46.8 Å². The van der Waals surface area contributed by atoms with Gasteiger partial charge in [0.15, 0.2) is 11.0 Å². The lowest BCUT2D eigenvalue weighted by atomic mass is 10.2. The number of aromatic nitrogens is 5.